The SMILES string of the molecule is CN1C(=O)C(NC(=O)C2(NC(=O)COCc3ccccc3)CCCC2)N=C(c2ccc(CF)cc2)c2ccccc21. The quantitative estimate of drug-likeness (QED) is 0.415. The summed E-state index contributed by atoms with van der Waals surface area (Å²) in [5.74, 6) is -1.27. The van der Waals surface area contributed by atoms with Gasteiger partial charge in [0.15, 0.2) is 0 Å². The van der Waals surface area contributed by atoms with Crippen LogP contribution in [0.4, 0.5) is 10.1 Å². The van der Waals surface area contributed by atoms with Gasteiger partial charge in [-0.2, -0.15) is 0 Å². The van der Waals surface area contributed by atoms with Crippen molar-refractivity contribution in [1.29, 1.82) is 0 Å². The Morgan fingerprint density at radius 2 is 1.66 bits per heavy atom. The summed E-state index contributed by atoms with van der Waals surface area (Å²) >= 11 is 0. The number of carbonyl (C=O) groups is 3. The number of hydrogen-bond donors (Lipinski definition) is 2. The molecule has 3 aromatic carbocycles. The number of nitrogens with one attached hydrogen (secondary N) is 2. The lowest BCUT2D eigenvalue weighted by Gasteiger charge is -2.30. The van der Waals surface area contributed by atoms with E-state index in [4.69, 9.17) is 9.73 Å². The van der Waals surface area contributed by atoms with Crippen molar-refractivity contribution in [2.75, 3.05) is 18.6 Å². The summed E-state index contributed by atoms with van der Waals surface area (Å²) in [7, 11) is 1.64. The number of para-hydroxylation sites is 1. The molecule has 3 amide bonds. The predicted octanol–water partition coefficient (Wildman–Crippen LogP) is 4.06. The first-order valence-electron chi connectivity index (χ1n) is 13.7. The molecule has 1 unspecified atom stereocenters. The zero-order valence-electron chi connectivity index (χ0n) is 22.9. The molecule has 1 aliphatic carbocycles. The molecule has 0 aromatic heterocycles. The van der Waals surface area contributed by atoms with Gasteiger partial charge in [-0.1, -0.05) is 85.6 Å². The molecule has 1 fully saturated rings. The zero-order valence-corrected chi connectivity index (χ0v) is 22.9. The number of benzodiazepines with no additional fused rings is 1. The van der Waals surface area contributed by atoms with Crippen LogP contribution < -0.4 is 15.5 Å². The van der Waals surface area contributed by atoms with Gasteiger partial charge in [-0.05, 0) is 30.0 Å². The van der Waals surface area contributed by atoms with Crippen LogP contribution in [0.2, 0.25) is 0 Å². The molecular weight excluding hydrogens is 523 g/mol. The molecule has 41 heavy (non-hydrogen) atoms. The molecule has 0 bridgehead atoms. The Morgan fingerprint density at radius 3 is 2.37 bits per heavy atom. The van der Waals surface area contributed by atoms with E-state index in [1.807, 2.05) is 54.6 Å². The largest absolute Gasteiger partial charge is 0.367 e. The highest BCUT2D eigenvalue weighted by Crippen LogP contribution is 2.31. The maximum atomic E-state index is 13.8. The monoisotopic (exact) mass is 556 g/mol. The van der Waals surface area contributed by atoms with E-state index in [9.17, 15) is 18.8 Å². The van der Waals surface area contributed by atoms with Crippen LogP contribution in [0.15, 0.2) is 83.9 Å². The van der Waals surface area contributed by atoms with Gasteiger partial charge in [0.25, 0.3) is 5.91 Å². The summed E-state index contributed by atoms with van der Waals surface area (Å²) in [5, 5.41) is 5.73. The van der Waals surface area contributed by atoms with Gasteiger partial charge in [0.2, 0.25) is 18.0 Å². The third-order valence-electron chi connectivity index (χ3n) is 7.61. The van der Waals surface area contributed by atoms with E-state index < -0.39 is 36.1 Å². The summed E-state index contributed by atoms with van der Waals surface area (Å²) in [6.07, 6.45) is 1.19. The van der Waals surface area contributed by atoms with Crippen LogP contribution in [-0.2, 0) is 32.4 Å². The molecule has 0 saturated heterocycles. The van der Waals surface area contributed by atoms with Gasteiger partial charge in [-0.3, -0.25) is 14.4 Å². The van der Waals surface area contributed by atoms with E-state index in [0.29, 0.717) is 40.9 Å². The summed E-state index contributed by atoms with van der Waals surface area (Å²) in [6, 6.07) is 23.7. The fourth-order valence-electron chi connectivity index (χ4n) is 5.39. The van der Waals surface area contributed by atoms with Gasteiger partial charge >= 0.3 is 0 Å². The number of amides is 3. The number of ether oxygens (including phenoxy) is 1. The Hall–Kier alpha value is -4.37. The number of anilines is 1. The third-order valence-corrected chi connectivity index (χ3v) is 7.61. The van der Waals surface area contributed by atoms with Gasteiger partial charge in [-0.25, -0.2) is 9.38 Å². The molecule has 2 aliphatic rings. The number of benzene rings is 3. The number of rotatable bonds is 9. The molecule has 8 nitrogen and oxygen atoms in total. The predicted molar refractivity (Wildman–Crippen MR) is 154 cm³/mol. The van der Waals surface area contributed by atoms with Crippen LogP contribution >= 0.6 is 0 Å². The summed E-state index contributed by atoms with van der Waals surface area (Å²) in [4.78, 5) is 46.4. The Kier molecular flexibility index (Phi) is 8.54. The summed E-state index contributed by atoms with van der Waals surface area (Å²) in [6.45, 7) is -0.503. The number of likely N-dealkylation sites (N-methyl/N-ethyl adjacent to an activating group) is 1. The maximum Gasteiger partial charge on any atom is 0.272 e. The molecule has 9 heteroatoms. The summed E-state index contributed by atoms with van der Waals surface area (Å²) < 4.78 is 18.7. The van der Waals surface area contributed by atoms with E-state index >= 15 is 0 Å². The average Bonchev–Trinajstić information content (AvgIpc) is 3.45. The molecule has 0 spiro atoms. The van der Waals surface area contributed by atoms with E-state index in [1.54, 1.807) is 31.3 Å². The van der Waals surface area contributed by atoms with E-state index in [2.05, 4.69) is 10.6 Å². The lowest BCUT2D eigenvalue weighted by molar-refractivity contribution is -0.137. The van der Waals surface area contributed by atoms with E-state index in [1.165, 1.54) is 4.90 Å². The van der Waals surface area contributed by atoms with Crippen molar-refractivity contribution >= 4 is 29.1 Å². The molecule has 0 radical (unpaired) electrons. The fraction of sp³-hybridized carbons (Fsp3) is 0.312. The Labute approximate surface area is 238 Å². The first-order chi connectivity index (χ1) is 19.9. The molecule has 1 aliphatic heterocycles. The number of fused-ring (bicyclic) bond motifs is 1. The summed E-state index contributed by atoms with van der Waals surface area (Å²) in [5.41, 5.74) is 2.86. The van der Waals surface area contributed by atoms with Crippen LogP contribution in [0.1, 0.15) is 47.9 Å². The Morgan fingerprint density at radius 1 is 0.976 bits per heavy atom. The third kappa shape index (κ3) is 6.20. The van der Waals surface area contributed by atoms with Crippen LogP contribution in [0.25, 0.3) is 0 Å². The molecule has 212 valence electrons. The van der Waals surface area contributed by atoms with Crippen molar-refractivity contribution in [2.24, 2.45) is 4.99 Å². The van der Waals surface area contributed by atoms with Crippen molar-refractivity contribution in [3.63, 3.8) is 0 Å². The standard InChI is InChI=1S/C32H33FN4O4/c1-37-26-12-6-5-11-25(26)28(24-15-13-22(19-33)14-16-24)34-29(30(37)39)35-31(40)32(17-7-8-18-32)36-27(38)21-41-20-23-9-3-2-4-10-23/h2-6,9-16,29H,7-8,17-21H2,1H3,(H,35,40)(H,36,38). The molecule has 1 heterocycles. The number of nitrogens with zero attached hydrogens (tertiary/aromatic N) is 2. The van der Waals surface area contributed by atoms with Crippen molar-refractivity contribution < 1.29 is 23.5 Å². The normalized spacial score (nSPS) is 17.8. The van der Waals surface area contributed by atoms with Gasteiger partial charge in [0.1, 0.15) is 18.8 Å². The minimum atomic E-state index is -1.22. The molecule has 2 N–H and O–H groups in total. The number of alkyl halides is 1. The second-order valence-electron chi connectivity index (χ2n) is 10.4. The average molecular weight is 557 g/mol. The molecular formula is C32H33FN4O4. The van der Waals surface area contributed by atoms with Crippen molar-refractivity contribution in [2.45, 2.75) is 50.7 Å². The molecule has 5 rings (SSSR count). The first-order valence-corrected chi connectivity index (χ1v) is 13.7. The van der Waals surface area contributed by atoms with Crippen molar-refractivity contribution in [1.82, 2.24) is 10.6 Å². The second-order valence-corrected chi connectivity index (χ2v) is 10.4. The first kappa shape index (κ1) is 28.2. The number of aliphatic imine (C=N–C) groups is 1. The van der Waals surface area contributed by atoms with Gasteiger partial charge in [-0.15, -0.1) is 0 Å². The fourth-order valence-corrected chi connectivity index (χ4v) is 5.39. The number of carbonyl (C=O) groups excluding carboxylic acids is 3. The highest BCUT2D eigenvalue weighted by atomic mass is 19.1. The van der Waals surface area contributed by atoms with E-state index in [-0.39, 0.29) is 13.2 Å². The van der Waals surface area contributed by atoms with Crippen LogP contribution in [0.5, 0.6) is 0 Å². The van der Waals surface area contributed by atoms with Gasteiger partial charge in [0, 0.05) is 18.2 Å². The van der Waals surface area contributed by atoms with Gasteiger partial charge in [0.05, 0.1) is 18.0 Å². The lowest BCUT2D eigenvalue weighted by Crippen LogP contribution is -2.61. The Bertz CT molecular complexity index is 1440. The topological polar surface area (TPSA) is 100 Å². The van der Waals surface area contributed by atoms with Crippen LogP contribution in [-0.4, -0.2) is 48.8 Å². The highest BCUT2D eigenvalue weighted by molar-refractivity contribution is 6.20. The van der Waals surface area contributed by atoms with Crippen molar-refractivity contribution in [3.05, 3.63) is 101 Å². The van der Waals surface area contributed by atoms with Crippen LogP contribution in [0.3, 0.4) is 0 Å². The number of hydrogen-bond acceptors (Lipinski definition) is 5. The maximum absolute atomic E-state index is 13.8. The minimum absolute atomic E-state index is 0.193. The van der Waals surface area contributed by atoms with E-state index in [0.717, 1.165) is 18.4 Å². The molecule has 1 atom stereocenters. The zero-order chi connectivity index (χ0) is 28.8. The molecule has 1 saturated carbocycles. The molecule has 3 aromatic rings. The van der Waals surface area contributed by atoms with Gasteiger partial charge < -0.3 is 20.3 Å². The minimum Gasteiger partial charge on any atom is -0.367 e. The Balaban J connectivity index is 1.37. The lowest BCUT2D eigenvalue weighted by atomic mass is 9.96. The van der Waals surface area contributed by atoms with Crippen molar-refractivity contribution in [3.8, 4) is 0 Å². The smallest absolute Gasteiger partial charge is 0.272 e. The second kappa shape index (κ2) is 12.4. The van der Waals surface area contributed by atoms with Crippen LogP contribution in [0, 0.1) is 0 Å². The highest BCUT2D eigenvalue weighted by Gasteiger charge is 2.44. The number of halogens is 1.